The Bertz CT molecular complexity index is 526. The summed E-state index contributed by atoms with van der Waals surface area (Å²) < 4.78 is 0. The van der Waals surface area contributed by atoms with E-state index in [4.69, 9.17) is 0 Å². The molecule has 4 heteroatoms. The molecular formula is C17H26N2O2. The Hall–Kier alpha value is -1.55. The van der Waals surface area contributed by atoms with Crippen molar-refractivity contribution in [2.24, 2.45) is 0 Å². The van der Waals surface area contributed by atoms with Gasteiger partial charge < -0.3 is 15.3 Å². The van der Waals surface area contributed by atoms with Gasteiger partial charge in [0.2, 0.25) is 5.91 Å². The van der Waals surface area contributed by atoms with Gasteiger partial charge in [-0.2, -0.15) is 0 Å². The number of carbonyl (C=O) groups is 1. The molecule has 1 saturated heterocycles. The van der Waals surface area contributed by atoms with E-state index in [1.54, 1.807) is 0 Å². The first-order valence-electron chi connectivity index (χ1n) is 7.60. The highest BCUT2D eigenvalue weighted by Gasteiger charge is 2.22. The Morgan fingerprint density at radius 3 is 2.48 bits per heavy atom. The number of nitrogens with one attached hydrogen (secondary N) is 1. The number of hydrogen-bond donors (Lipinski definition) is 2. The Kier molecular flexibility index (Phi) is 4.57. The first-order valence-corrected chi connectivity index (χ1v) is 7.60. The van der Waals surface area contributed by atoms with Crippen LogP contribution < -0.4 is 5.32 Å². The lowest BCUT2D eigenvalue weighted by Gasteiger charge is -2.28. The van der Waals surface area contributed by atoms with E-state index in [0.717, 1.165) is 42.9 Å². The van der Waals surface area contributed by atoms with E-state index >= 15 is 0 Å². The number of benzene rings is 1. The van der Waals surface area contributed by atoms with Crippen molar-refractivity contribution in [3.05, 3.63) is 28.8 Å². The van der Waals surface area contributed by atoms with Gasteiger partial charge in [-0.25, -0.2) is 0 Å². The molecule has 2 N–H and O–H groups in total. The molecule has 0 unspecified atom stereocenters. The number of carbonyl (C=O) groups excluding carboxylic acids is 1. The molecule has 1 heterocycles. The van der Waals surface area contributed by atoms with Crippen molar-refractivity contribution in [1.82, 2.24) is 10.2 Å². The zero-order valence-corrected chi connectivity index (χ0v) is 13.5. The molecule has 2 rings (SSSR count). The quantitative estimate of drug-likeness (QED) is 0.875. The summed E-state index contributed by atoms with van der Waals surface area (Å²) in [6, 6.07) is 3.90. The molecule has 116 valence electrons. The molecule has 0 radical (unpaired) electrons. The Morgan fingerprint density at radius 2 is 1.90 bits per heavy atom. The zero-order chi connectivity index (χ0) is 15.6. The maximum Gasteiger partial charge on any atom is 0.227 e. The first-order chi connectivity index (χ1) is 9.79. The van der Waals surface area contributed by atoms with Crippen LogP contribution in [0.3, 0.4) is 0 Å². The number of aromatic hydroxyl groups is 1. The van der Waals surface area contributed by atoms with E-state index in [9.17, 15) is 9.90 Å². The molecule has 0 aromatic heterocycles. The van der Waals surface area contributed by atoms with E-state index in [-0.39, 0.29) is 11.3 Å². The van der Waals surface area contributed by atoms with Gasteiger partial charge in [-0.15, -0.1) is 0 Å². The fraction of sp³-hybridized carbons (Fsp3) is 0.588. The second-order valence-corrected chi connectivity index (χ2v) is 6.87. The highest BCUT2D eigenvalue weighted by atomic mass is 16.3. The molecule has 0 bridgehead atoms. The molecule has 1 aliphatic rings. The SMILES string of the molecule is Cc1cc(CC(=O)N2CCNCC2)cc(C(C)(C)C)c1O. The summed E-state index contributed by atoms with van der Waals surface area (Å²) in [5, 5.41) is 13.5. The highest BCUT2D eigenvalue weighted by Crippen LogP contribution is 2.34. The van der Waals surface area contributed by atoms with Crippen LogP contribution >= 0.6 is 0 Å². The van der Waals surface area contributed by atoms with Crippen LogP contribution in [-0.4, -0.2) is 42.1 Å². The number of phenolic OH excluding ortho intramolecular Hbond substituents is 1. The van der Waals surface area contributed by atoms with Crippen molar-refractivity contribution in [2.75, 3.05) is 26.2 Å². The maximum atomic E-state index is 12.4. The predicted molar refractivity (Wildman–Crippen MR) is 84.7 cm³/mol. The largest absolute Gasteiger partial charge is 0.507 e. The lowest BCUT2D eigenvalue weighted by molar-refractivity contribution is -0.131. The average Bonchev–Trinajstić information content (AvgIpc) is 2.42. The van der Waals surface area contributed by atoms with Gasteiger partial charge in [-0.1, -0.05) is 32.9 Å². The second-order valence-electron chi connectivity index (χ2n) is 6.87. The number of piperazine rings is 1. The normalized spacial score (nSPS) is 16.1. The molecule has 1 fully saturated rings. The average molecular weight is 290 g/mol. The van der Waals surface area contributed by atoms with Gasteiger partial charge in [-0.05, 0) is 29.0 Å². The molecule has 1 aromatic carbocycles. The van der Waals surface area contributed by atoms with Crippen LogP contribution in [-0.2, 0) is 16.6 Å². The summed E-state index contributed by atoms with van der Waals surface area (Å²) in [7, 11) is 0. The minimum Gasteiger partial charge on any atom is -0.507 e. The van der Waals surface area contributed by atoms with Gasteiger partial charge in [0.15, 0.2) is 0 Å². The van der Waals surface area contributed by atoms with E-state index in [2.05, 4.69) is 26.1 Å². The smallest absolute Gasteiger partial charge is 0.227 e. The molecule has 1 aliphatic heterocycles. The molecule has 0 spiro atoms. The first kappa shape index (κ1) is 15.8. The van der Waals surface area contributed by atoms with E-state index < -0.39 is 0 Å². The summed E-state index contributed by atoms with van der Waals surface area (Å²) in [4.78, 5) is 14.3. The fourth-order valence-electron chi connectivity index (χ4n) is 2.73. The van der Waals surface area contributed by atoms with Crippen molar-refractivity contribution in [3.8, 4) is 5.75 Å². The predicted octanol–water partition coefficient (Wildman–Crippen LogP) is 1.97. The zero-order valence-electron chi connectivity index (χ0n) is 13.5. The van der Waals surface area contributed by atoms with Crippen LogP contribution in [0.25, 0.3) is 0 Å². The second kappa shape index (κ2) is 6.06. The Labute approximate surface area is 127 Å². The van der Waals surface area contributed by atoms with Gasteiger partial charge in [0.05, 0.1) is 6.42 Å². The van der Waals surface area contributed by atoms with Crippen LogP contribution in [0.15, 0.2) is 12.1 Å². The van der Waals surface area contributed by atoms with Crippen molar-refractivity contribution in [1.29, 1.82) is 0 Å². The number of aryl methyl sites for hydroxylation is 1. The van der Waals surface area contributed by atoms with Crippen molar-refractivity contribution < 1.29 is 9.90 Å². The fourth-order valence-corrected chi connectivity index (χ4v) is 2.73. The van der Waals surface area contributed by atoms with E-state index in [1.807, 2.05) is 24.0 Å². The number of nitrogens with zero attached hydrogens (tertiary/aromatic N) is 1. The Balaban J connectivity index is 2.20. The third-order valence-electron chi connectivity index (χ3n) is 3.99. The molecule has 1 amide bonds. The summed E-state index contributed by atoms with van der Waals surface area (Å²) >= 11 is 0. The van der Waals surface area contributed by atoms with Crippen LogP contribution in [0.5, 0.6) is 5.75 Å². The van der Waals surface area contributed by atoms with Crippen LogP contribution in [0.2, 0.25) is 0 Å². The third kappa shape index (κ3) is 3.76. The van der Waals surface area contributed by atoms with Crippen LogP contribution in [0, 0.1) is 6.92 Å². The number of amides is 1. The molecule has 0 atom stereocenters. The third-order valence-corrected chi connectivity index (χ3v) is 3.99. The molecule has 0 saturated carbocycles. The van der Waals surface area contributed by atoms with Crippen LogP contribution in [0.1, 0.15) is 37.5 Å². The molecule has 21 heavy (non-hydrogen) atoms. The molecular weight excluding hydrogens is 264 g/mol. The molecule has 4 nitrogen and oxygen atoms in total. The molecule has 1 aromatic rings. The van der Waals surface area contributed by atoms with Gasteiger partial charge in [0, 0.05) is 26.2 Å². The number of rotatable bonds is 2. The van der Waals surface area contributed by atoms with Gasteiger partial charge >= 0.3 is 0 Å². The van der Waals surface area contributed by atoms with Gasteiger partial charge in [0.25, 0.3) is 0 Å². The van der Waals surface area contributed by atoms with Crippen molar-refractivity contribution in [3.63, 3.8) is 0 Å². The minimum atomic E-state index is -0.136. The van der Waals surface area contributed by atoms with Crippen LogP contribution in [0.4, 0.5) is 0 Å². The Morgan fingerprint density at radius 1 is 1.29 bits per heavy atom. The van der Waals surface area contributed by atoms with Gasteiger partial charge in [-0.3, -0.25) is 4.79 Å². The number of phenols is 1. The van der Waals surface area contributed by atoms with Crippen molar-refractivity contribution >= 4 is 5.91 Å². The summed E-state index contributed by atoms with van der Waals surface area (Å²) in [6.45, 7) is 11.4. The standard InChI is InChI=1S/C17H26N2O2/c1-12-9-13(10-14(16(12)21)17(2,3)4)11-15(20)19-7-5-18-6-8-19/h9-10,18,21H,5-8,11H2,1-4H3. The maximum absolute atomic E-state index is 12.4. The molecule has 0 aliphatic carbocycles. The lowest BCUT2D eigenvalue weighted by Crippen LogP contribution is -2.46. The lowest BCUT2D eigenvalue weighted by atomic mass is 9.84. The summed E-state index contributed by atoms with van der Waals surface area (Å²) in [5.41, 5.74) is 2.60. The summed E-state index contributed by atoms with van der Waals surface area (Å²) in [6.07, 6.45) is 0.407. The highest BCUT2D eigenvalue weighted by molar-refractivity contribution is 5.79. The van der Waals surface area contributed by atoms with Crippen molar-refractivity contribution in [2.45, 2.75) is 39.5 Å². The van der Waals surface area contributed by atoms with E-state index in [0.29, 0.717) is 12.2 Å². The number of hydrogen-bond acceptors (Lipinski definition) is 3. The topological polar surface area (TPSA) is 52.6 Å². The summed E-state index contributed by atoms with van der Waals surface area (Å²) in [5.74, 6) is 0.516. The monoisotopic (exact) mass is 290 g/mol. The van der Waals surface area contributed by atoms with Gasteiger partial charge in [0.1, 0.15) is 5.75 Å². The van der Waals surface area contributed by atoms with E-state index in [1.165, 1.54) is 0 Å². The minimum absolute atomic E-state index is 0.136.